The summed E-state index contributed by atoms with van der Waals surface area (Å²) in [6.45, 7) is 5.52. The molecule has 0 bridgehead atoms. The second-order valence-electron chi connectivity index (χ2n) is 5.80. The lowest BCUT2D eigenvalue weighted by Gasteiger charge is -2.15. The predicted octanol–water partition coefficient (Wildman–Crippen LogP) is 3.79. The first-order valence-corrected chi connectivity index (χ1v) is 10.4. The molecule has 2 aromatic rings. The average Bonchev–Trinajstić information content (AvgIpc) is 2.56. The maximum Gasteiger partial charge on any atom is 0.255 e. The zero-order valence-electron chi connectivity index (χ0n) is 14.7. The Labute approximate surface area is 162 Å². The first-order valence-electron chi connectivity index (χ1n) is 8.09. The van der Waals surface area contributed by atoms with E-state index in [-0.39, 0.29) is 22.3 Å². The SMILES string of the molecule is CCOc1ccc(C(=O)Nc2ccccc2Br)cc1S(=O)(=O)NC(C)C. The van der Waals surface area contributed by atoms with Gasteiger partial charge in [0.2, 0.25) is 10.0 Å². The van der Waals surface area contributed by atoms with Crippen LogP contribution in [0, 0.1) is 0 Å². The molecule has 0 aliphatic heterocycles. The molecule has 140 valence electrons. The highest BCUT2D eigenvalue weighted by molar-refractivity contribution is 9.10. The number of hydrogen-bond donors (Lipinski definition) is 2. The number of carbonyl (C=O) groups is 1. The van der Waals surface area contributed by atoms with Gasteiger partial charge in [-0.2, -0.15) is 0 Å². The molecule has 0 aliphatic rings. The van der Waals surface area contributed by atoms with E-state index in [1.165, 1.54) is 18.2 Å². The van der Waals surface area contributed by atoms with Gasteiger partial charge in [0.05, 0.1) is 12.3 Å². The molecule has 1 amide bonds. The van der Waals surface area contributed by atoms with Crippen LogP contribution in [0.5, 0.6) is 5.75 Å². The number of benzene rings is 2. The Morgan fingerprint density at radius 3 is 2.50 bits per heavy atom. The van der Waals surface area contributed by atoms with Crippen molar-refractivity contribution in [2.45, 2.75) is 31.7 Å². The van der Waals surface area contributed by atoms with Crippen LogP contribution in [-0.2, 0) is 10.0 Å². The molecular formula is C18H21BrN2O4S. The molecule has 0 saturated carbocycles. The third-order valence-electron chi connectivity index (χ3n) is 3.31. The van der Waals surface area contributed by atoms with Crippen LogP contribution in [0.4, 0.5) is 5.69 Å². The summed E-state index contributed by atoms with van der Waals surface area (Å²) in [7, 11) is -3.81. The van der Waals surface area contributed by atoms with Gasteiger partial charge in [-0.3, -0.25) is 4.79 Å². The molecular weight excluding hydrogens is 420 g/mol. The Balaban J connectivity index is 2.40. The van der Waals surface area contributed by atoms with Crippen LogP contribution in [0.25, 0.3) is 0 Å². The second kappa shape index (κ2) is 8.66. The summed E-state index contributed by atoms with van der Waals surface area (Å²) in [6.07, 6.45) is 0. The normalized spacial score (nSPS) is 11.4. The number of nitrogens with one attached hydrogen (secondary N) is 2. The zero-order valence-corrected chi connectivity index (χ0v) is 17.1. The summed E-state index contributed by atoms with van der Waals surface area (Å²) < 4.78 is 33.9. The molecule has 0 radical (unpaired) electrons. The molecule has 26 heavy (non-hydrogen) atoms. The number of rotatable bonds is 7. The van der Waals surface area contributed by atoms with Crippen molar-refractivity contribution in [1.29, 1.82) is 0 Å². The average molecular weight is 441 g/mol. The van der Waals surface area contributed by atoms with Crippen LogP contribution < -0.4 is 14.8 Å². The van der Waals surface area contributed by atoms with Gasteiger partial charge in [-0.05, 0) is 67.0 Å². The quantitative estimate of drug-likeness (QED) is 0.685. The standard InChI is InChI=1S/C18H21BrN2O4S/c1-4-25-16-10-9-13(11-17(16)26(23,24)21-12(2)3)18(22)20-15-8-6-5-7-14(15)19/h5-12,21H,4H2,1-3H3,(H,20,22). The van der Waals surface area contributed by atoms with Crippen molar-refractivity contribution in [3.8, 4) is 5.75 Å². The van der Waals surface area contributed by atoms with E-state index >= 15 is 0 Å². The molecule has 6 nitrogen and oxygen atoms in total. The van der Waals surface area contributed by atoms with Crippen molar-refractivity contribution in [3.05, 3.63) is 52.5 Å². The van der Waals surface area contributed by atoms with E-state index in [1.54, 1.807) is 39.0 Å². The van der Waals surface area contributed by atoms with Crippen LogP contribution in [0.2, 0.25) is 0 Å². The maximum atomic E-state index is 12.6. The van der Waals surface area contributed by atoms with Crippen LogP contribution in [0.3, 0.4) is 0 Å². The lowest BCUT2D eigenvalue weighted by Crippen LogP contribution is -2.30. The van der Waals surface area contributed by atoms with Gasteiger partial charge >= 0.3 is 0 Å². The molecule has 0 saturated heterocycles. The second-order valence-corrected chi connectivity index (χ2v) is 8.34. The minimum atomic E-state index is -3.81. The number of para-hydroxylation sites is 1. The minimum Gasteiger partial charge on any atom is -0.492 e. The maximum absolute atomic E-state index is 12.6. The monoisotopic (exact) mass is 440 g/mol. The molecule has 0 aromatic heterocycles. The van der Waals surface area contributed by atoms with E-state index in [2.05, 4.69) is 26.0 Å². The van der Waals surface area contributed by atoms with E-state index in [1.807, 2.05) is 6.07 Å². The van der Waals surface area contributed by atoms with Crippen LogP contribution >= 0.6 is 15.9 Å². The van der Waals surface area contributed by atoms with Gasteiger partial charge in [0.15, 0.2) is 0 Å². The molecule has 0 unspecified atom stereocenters. The summed E-state index contributed by atoms with van der Waals surface area (Å²) in [5.41, 5.74) is 0.810. The first-order chi connectivity index (χ1) is 12.2. The fourth-order valence-corrected chi connectivity index (χ4v) is 4.07. The first kappa shape index (κ1) is 20.4. The van der Waals surface area contributed by atoms with Crippen molar-refractivity contribution in [1.82, 2.24) is 4.72 Å². The van der Waals surface area contributed by atoms with Crippen LogP contribution in [0.1, 0.15) is 31.1 Å². The summed E-state index contributed by atoms with van der Waals surface area (Å²) >= 11 is 3.36. The fourth-order valence-electron chi connectivity index (χ4n) is 2.26. The number of carbonyl (C=O) groups excluding carboxylic acids is 1. The molecule has 8 heteroatoms. The van der Waals surface area contributed by atoms with Crippen molar-refractivity contribution in [3.63, 3.8) is 0 Å². The van der Waals surface area contributed by atoms with Crippen LogP contribution in [-0.4, -0.2) is 27.0 Å². The third-order valence-corrected chi connectivity index (χ3v) is 5.68. The van der Waals surface area contributed by atoms with Gasteiger partial charge in [0.25, 0.3) is 5.91 Å². The summed E-state index contributed by atoms with van der Waals surface area (Å²) in [4.78, 5) is 12.5. The lowest BCUT2D eigenvalue weighted by atomic mass is 10.2. The molecule has 2 N–H and O–H groups in total. The Morgan fingerprint density at radius 1 is 1.19 bits per heavy atom. The van der Waals surface area contributed by atoms with Crippen molar-refractivity contribution < 1.29 is 17.9 Å². The van der Waals surface area contributed by atoms with Crippen LogP contribution in [0.15, 0.2) is 51.8 Å². The Morgan fingerprint density at radius 2 is 1.88 bits per heavy atom. The topological polar surface area (TPSA) is 84.5 Å². The smallest absolute Gasteiger partial charge is 0.255 e. The molecule has 2 rings (SSSR count). The minimum absolute atomic E-state index is 0.0622. The van der Waals surface area contributed by atoms with E-state index < -0.39 is 15.9 Å². The fraction of sp³-hybridized carbons (Fsp3) is 0.278. The largest absolute Gasteiger partial charge is 0.492 e. The van der Waals surface area contributed by atoms with Gasteiger partial charge in [-0.1, -0.05) is 12.1 Å². The van der Waals surface area contributed by atoms with Gasteiger partial charge in [0.1, 0.15) is 10.6 Å². The van der Waals surface area contributed by atoms with E-state index in [0.29, 0.717) is 12.3 Å². The molecule has 2 aromatic carbocycles. The van der Waals surface area contributed by atoms with Gasteiger partial charge in [-0.15, -0.1) is 0 Å². The summed E-state index contributed by atoms with van der Waals surface area (Å²) in [5.74, 6) is -0.209. The highest BCUT2D eigenvalue weighted by atomic mass is 79.9. The molecule has 0 atom stereocenters. The number of anilines is 1. The lowest BCUT2D eigenvalue weighted by molar-refractivity contribution is 0.102. The predicted molar refractivity (Wildman–Crippen MR) is 105 cm³/mol. The molecule has 0 spiro atoms. The number of amides is 1. The van der Waals surface area contributed by atoms with Crippen molar-refractivity contribution in [2.75, 3.05) is 11.9 Å². The molecule has 0 heterocycles. The van der Waals surface area contributed by atoms with Gasteiger partial charge in [0, 0.05) is 16.1 Å². The number of ether oxygens (including phenoxy) is 1. The Kier molecular flexibility index (Phi) is 6.80. The third kappa shape index (κ3) is 5.06. The number of sulfonamides is 1. The van der Waals surface area contributed by atoms with E-state index in [4.69, 9.17) is 4.74 Å². The van der Waals surface area contributed by atoms with Crippen molar-refractivity contribution >= 4 is 37.5 Å². The highest BCUT2D eigenvalue weighted by Crippen LogP contribution is 2.27. The van der Waals surface area contributed by atoms with Gasteiger partial charge < -0.3 is 10.1 Å². The zero-order chi connectivity index (χ0) is 19.3. The molecule has 0 aliphatic carbocycles. The summed E-state index contributed by atoms with van der Waals surface area (Å²) in [6, 6.07) is 11.2. The highest BCUT2D eigenvalue weighted by Gasteiger charge is 2.23. The van der Waals surface area contributed by atoms with Gasteiger partial charge in [-0.25, -0.2) is 13.1 Å². The Bertz CT molecular complexity index is 898. The summed E-state index contributed by atoms with van der Waals surface area (Å²) in [5, 5.41) is 2.76. The molecule has 0 fully saturated rings. The Hall–Kier alpha value is -1.90. The van der Waals surface area contributed by atoms with Crippen molar-refractivity contribution in [2.24, 2.45) is 0 Å². The number of halogens is 1. The number of hydrogen-bond acceptors (Lipinski definition) is 4. The van der Waals surface area contributed by atoms with E-state index in [0.717, 1.165) is 4.47 Å². The van der Waals surface area contributed by atoms with E-state index in [9.17, 15) is 13.2 Å².